The fourth-order valence-electron chi connectivity index (χ4n) is 2.42. The van der Waals surface area contributed by atoms with E-state index >= 15 is 0 Å². The van der Waals surface area contributed by atoms with Gasteiger partial charge in [-0.25, -0.2) is 0 Å². The molecule has 16 heavy (non-hydrogen) atoms. The van der Waals surface area contributed by atoms with E-state index in [-0.39, 0.29) is 0 Å². The summed E-state index contributed by atoms with van der Waals surface area (Å²) in [5, 5.41) is 5.48. The third-order valence-electron chi connectivity index (χ3n) is 3.10. The predicted octanol–water partition coefficient (Wildman–Crippen LogP) is 4.17. The quantitative estimate of drug-likeness (QED) is 0.688. The van der Waals surface area contributed by atoms with Gasteiger partial charge in [-0.15, -0.1) is 0 Å². The van der Waals surface area contributed by atoms with Crippen molar-refractivity contribution < 1.29 is 0 Å². The van der Waals surface area contributed by atoms with Crippen molar-refractivity contribution >= 4 is 15.9 Å². The number of halogens is 1. The van der Waals surface area contributed by atoms with Gasteiger partial charge in [-0.3, -0.25) is 4.68 Å². The molecule has 0 amide bonds. The molecule has 0 radical (unpaired) electrons. The van der Waals surface area contributed by atoms with Crippen molar-refractivity contribution in [3.8, 4) is 0 Å². The van der Waals surface area contributed by atoms with Gasteiger partial charge in [0.1, 0.15) is 0 Å². The van der Waals surface area contributed by atoms with Crippen LogP contribution in [0.1, 0.15) is 45.1 Å². The third-order valence-corrected chi connectivity index (χ3v) is 4.29. The van der Waals surface area contributed by atoms with Crippen LogP contribution in [0.4, 0.5) is 0 Å². The van der Waals surface area contributed by atoms with Crippen molar-refractivity contribution in [2.45, 2.75) is 53.0 Å². The summed E-state index contributed by atoms with van der Waals surface area (Å²) >= 11 is 3.70. The van der Waals surface area contributed by atoms with Crippen LogP contribution in [0.15, 0.2) is 12.4 Å². The highest BCUT2D eigenvalue weighted by molar-refractivity contribution is 9.09. The van der Waals surface area contributed by atoms with E-state index in [1.165, 1.54) is 31.2 Å². The summed E-state index contributed by atoms with van der Waals surface area (Å²) in [6, 6.07) is 0. The molecule has 2 nitrogen and oxygen atoms in total. The van der Waals surface area contributed by atoms with Crippen molar-refractivity contribution in [1.29, 1.82) is 0 Å². The maximum atomic E-state index is 4.41. The summed E-state index contributed by atoms with van der Waals surface area (Å²) in [6.07, 6.45) is 9.10. The fourth-order valence-corrected chi connectivity index (χ4v) is 3.15. The summed E-state index contributed by atoms with van der Waals surface area (Å²) in [7, 11) is 0. The van der Waals surface area contributed by atoms with Crippen molar-refractivity contribution in [3.05, 3.63) is 18.0 Å². The summed E-state index contributed by atoms with van der Waals surface area (Å²) in [5.74, 6) is 0. The number of hydrogen-bond donors (Lipinski definition) is 0. The van der Waals surface area contributed by atoms with Gasteiger partial charge in [0, 0.05) is 18.1 Å². The van der Waals surface area contributed by atoms with Crippen molar-refractivity contribution in [2.75, 3.05) is 5.33 Å². The SMILES string of the molecule is CCCC(CBr)(CCC)Cn1cc(C)cn1. The highest BCUT2D eigenvalue weighted by Gasteiger charge is 2.27. The Hall–Kier alpha value is -0.310. The number of aryl methyl sites for hydroxylation is 1. The van der Waals surface area contributed by atoms with Crippen LogP contribution in [0.25, 0.3) is 0 Å². The maximum absolute atomic E-state index is 4.41. The Morgan fingerprint density at radius 3 is 2.31 bits per heavy atom. The van der Waals surface area contributed by atoms with Crippen LogP contribution in [0.3, 0.4) is 0 Å². The van der Waals surface area contributed by atoms with E-state index < -0.39 is 0 Å². The van der Waals surface area contributed by atoms with E-state index in [9.17, 15) is 0 Å². The Morgan fingerprint density at radius 2 is 1.94 bits per heavy atom. The first kappa shape index (κ1) is 13.8. The van der Waals surface area contributed by atoms with E-state index in [1.807, 2.05) is 6.20 Å². The van der Waals surface area contributed by atoms with Gasteiger partial charge >= 0.3 is 0 Å². The lowest BCUT2D eigenvalue weighted by Crippen LogP contribution is -2.29. The number of aromatic nitrogens is 2. The summed E-state index contributed by atoms with van der Waals surface area (Å²) < 4.78 is 2.10. The van der Waals surface area contributed by atoms with Crippen LogP contribution in [-0.2, 0) is 6.54 Å². The lowest BCUT2D eigenvalue weighted by Gasteiger charge is -2.31. The molecule has 0 aromatic carbocycles. The molecule has 0 fully saturated rings. The normalized spacial score (nSPS) is 12.0. The van der Waals surface area contributed by atoms with Gasteiger partial charge < -0.3 is 0 Å². The molecule has 3 heteroatoms. The molecule has 0 spiro atoms. The molecule has 1 heterocycles. The molecule has 1 aromatic heterocycles. The van der Waals surface area contributed by atoms with Crippen molar-refractivity contribution in [1.82, 2.24) is 9.78 Å². The Balaban J connectivity index is 2.75. The second kappa shape index (κ2) is 6.43. The molecule has 0 aliphatic carbocycles. The van der Waals surface area contributed by atoms with Crippen LogP contribution in [0, 0.1) is 12.3 Å². The Bertz CT molecular complexity index is 301. The average molecular weight is 287 g/mol. The maximum Gasteiger partial charge on any atom is 0.0518 e. The molecule has 0 aliphatic heterocycles. The highest BCUT2D eigenvalue weighted by atomic mass is 79.9. The second-order valence-electron chi connectivity index (χ2n) is 4.85. The van der Waals surface area contributed by atoms with Gasteiger partial charge in [0.05, 0.1) is 6.20 Å². The minimum atomic E-state index is 0.377. The number of nitrogens with zero attached hydrogens (tertiary/aromatic N) is 2. The molecule has 92 valence electrons. The first-order chi connectivity index (χ1) is 7.65. The van der Waals surface area contributed by atoms with E-state index in [1.54, 1.807) is 0 Å². The predicted molar refractivity (Wildman–Crippen MR) is 73.0 cm³/mol. The molecular weight excluding hydrogens is 264 g/mol. The van der Waals surface area contributed by atoms with E-state index in [4.69, 9.17) is 0 Å². The molecule has 1 rings (SSSR count). The molecule has 0 aliphatic rings. The summed E-state index contributed by atoms with van der Waals surface area (Å²) in [4.78, 5) is 0. The molecule has 0 unspecified atom stereocenters. The zero-order chi connectivity index (χ0) is 12.0. The van der Waals surface area contributed by atoms with Gasteiger partial charge in [0.15, 0.2) is 0 Å². The molecule has 1 aromatic rings. The number of hydrogen-bond acceptors (Lipinski definition) is 1. The van der Waals surface area contributed by atoms with Crippen LogP contribution in [0.2, 0.25) is 0 Å². The Labute approximate surface area is 108 Å². The van der Waals surface area contributed by atoms with Gasteiger partial charge in [0.2, 0.25) is 0 Å². The molecule has 0 saturated carbocycles. The topological polar surface area (TPSA) is 17.8 Å². The first-order valence-electron chi connectivity index (χ1n) is 6.21. The van der Waals surface area contributed by atoms with Gasteiger partial charge in [-0.2, -0.15) is 5.10 Å². The molecule has 0 saturated heterocycles. The highest BCUT2D eigenvalue weighted by Crippen LogP contribution is 2.33. The zero-order valence-electron chi connectivity index (χ0n) is 10.7. The molecule has 0 N–H and O–H groups in total. The lowest BCUT2D eigenvalue weighted by molar-refractivity contribution is 0.223. The van der Waals surface area contributed by atoms with Crippen molar-refractivity contribution in [2.24, 2.45) is 5.41 Å². The largest absolute Gasteiger partial charge is 0.272 e. The van der Waals surface area contributed by atoms with E-state index in [0.29, 0.717) is 5.41 Å². The second-order valence-corrected chi connectivity index (χ2v) is 5.41. The minimum absolute atomic E-state index is 0.377. The summed E-state index contributed by atoms with van der Waals surface area (Å²) in [5.41, 5.74) is 1.62. The van der Waals surface area contributed by atoms with Crippen LogP contribution < -0.4 is 0 Å². The zero-order valence-corrected chi connectivity index (χ0v) is 12.3. The van der Waals surface area contributed by atoms with Crippen LogP contribution >= 0.6 is 15.9 Å². The van der Waals surface area contributed by atoms with Crippen molar-refractivity contribution in [3.63, 3.8) is 0 Å². The molecule has 0 bridgehead atoms. The monoisotopic (exact) mass is 286 g/mol. The van der Waals surface area contributed by atoms with Gasteiger partial charge in [0.25, 0.3) is 0 Å². The van der Waals surface area contributed by atoms with Crippen LogP contribution in [-0.4, -0.2) is 15.1 Å². The average Bonchev–Trinajstić information content (AvgIpc) is 2.64. The third kappa shape index (κ3) is 3.62. The molecular formula is C13H23BrN2. The van der Waals surface area contributed by atoms with Gasteiger partial charge in [-0.1, -0.05) is 42.6 Å². The Kier molecular flexibility index (Phi) is 5.53. The van der Waals surface area contributed by atoms with Crippen LogP contribution in [0.5, 0.6) is 0 Å². The molecule has 0 atom stereocenters. The van der Waals surface area contributed by atoms with E-state index in [0.717, 1.165) is 11.9 Å². The first-order valence-corrected chi connectivity index (χ1v) is 7.33. The summed E-state index contributed by atoms with van der Waals surface area (Å²) in [6.45, 7) is 7.66. The van der Waals surface area contributed by atoms with E-state index in [2.05, 4.69) is 52.7 Å². The number of alkyl halides is 1. The van der Waals surface area contributed by atoms with Gasteiger partial charge in [-0.05, 0) is 30.7 Å². The lowest BCUT2D eigenvalue weighted by atomic mass is 9.81. The standard InChI is InChI=1S/C13H23BrN2/c1-4-6-13(10-14,7-5-2)11-16-9-12(3)8-15-16/h8-9H,4-7,10-11H2,1-3H3. The fraction of sp³-hybridized carbons (Fsp3) is 0.769. The number of rotatable bonds is 7. The Morgan fingerprint density at radius 1 is 1.31 bits per heavy atom. The smallest absolute Gasteiger partial charge is 0.0518 e. The minimum Gasteiger partial charge on any atom is -0.272 e.